The summed E-state index contributed by atoms with van der Waals surface area (Å²) in [6.45, 7) is 0.0530. The van der Waals surface area contributed by atoms with Gasteiger partial charge in [0.25, 0.3) is 5.56 Å². The average molecular weight is 341 g/mol. The number of halogens is 1. The van der Waals surface area contributed by atoms with Crippen LogP contribution in [0.1, 0.15) is 0 Å². The number of methoxy groups -OCH3 is 2. The fraction of sp³-hybridized carbons (Fsp3) is 0.308. The molecule has 0 spiro atoms. The number of esters is 1. The molecular formula is C13H13BrN2O4. The molecule has 0 saturated carbocycles. The first kappa shape index (κ1) is 14.7. The molecule has 106 valence electrons. The number of hydrogen-bond acceptors (Lipinski definition) is 5. The van der Waals surface area contributed by atoms with Gasteiger partial charge in [-0.15, -0.1) is 0 Å². The van der Waals surface area contributed by atoms with E-state index in [0.29, 0.717) is 10.9 Å². The standard InChI is InChI=1S/C13H13BrN2O4/c1-19-11(13(18)20-2)6-16-7-15-10-4-3-8(14)5-9(10)12(16)17/h3-5,7,11H,6H2,1-2H3. The van der Waals surface area contributed by atoms with Gasteiger partial charge in [0.2, 0.25) is 0 Å². The molecule has 0 radical (unpaired) electrons. The number of carbonyl (C=O) groups is 1. The molecule has 0 fully saturated rings. The van der Waals surface area contributed by atoms with Crippen LogP contribution in [0.3, 0.4) is 0 Å². The summed E-state index contributed by atoms with van der Waals surface area (Å²) in [5.74, 6) is -0.534. The Balaban J connectivity index is 2.43. The summed E-state index contributed by atoms with van der Waals surface area (Å²) < 4.78 is 11.8. The summed E-state index contributed by atoms with van der Waals surface area (Å²) in [6.07, 6.45) is 0.553. The van der Waals surface area contributed by atoms with E-state index in [2.05, 4.69) is 25.7 Å². The summed E-state index contributed by atoms with van der Waals surface area (Å²) in [6, 6.07) is 5.26. The maximum atomic E-state index is 12.3. The first-order valence-corrected chi connectivity index (χ1v) is 6.61. The van der Waals surface area contributed by atoms with E-state index in [0.717, 1.165) is 4.47 Å². The van der Waals surface area contributed by atoms with E-state index in [1.54, 1.807) is 12.1 Å². The van der Waals surface area contributed by atoms with Gasteiger partial charge in [-0.1, -0.05) is 15.9 Å². The van der Waals surface area contributed by atoms with Crippen LogP contribution < -0.4 is 5.56 Å². The molecule has 7 heteroatoms. The van der Waals surface area contributed by atoms with E-state index < -0.39 is 12.1 Å². The summed E-state index contributed by atoms with van der Waals surface area (Å²) >= 11 is 3.32. The molecule has 1 atom stereocenters. The highest BCUT2D eigenvalue weighted by molar-refractivity contribution is 9.10. The second-order valence-electron chi connectivity index (χ2n) is 4.11. The molecule has 20 heavy (non-hydrogen) atoms. The Labute approximate surface area is 123 Å². The number of ether oxygens (including phenoxy) is 2. The molecule has 6 nitrogen and oxygen atoms in total. The Bertz CT molecular complexity index is 698. The first-order chi connectivity index (χ1) is 9.56. The van der Waals surface area contributed by atoms with E-state index in [4.69, 9.17) is 4.74 Å². The van der Waals surface area contributed by atoms with Crippen molar-refractivity contribution in [3.63, 3.8) is 0 Å². The van der Waals surface area contributed by atoms with E-state index in [-0.39, 0.29) is 12.1 Å². The van der Waals surface area contributed by atoms with Gasteiger partial charge in [-0.05, 0) is 18.2 Å². The van der Waals surface area contributed by atoms with Crippen LogP contribution in [0.25, 0.3) is 10.9 Å². The van der Waals surface area contributed by atoms with Gasteiger partial charge in [0.1, 0.15) is 0 Å². The van der Waals surface area contributed by atoms with Gasteiger partial charge in [-0.2, -0.15) is 0 Å². The first-order valence-electron chi connectivity index (χ1n) is 5.82. The molecule has 0 aliphatic heterocycles. The van der Waals surface area contributed by atoms with Crippen molar-refractivity contribution in [2.24, 2.45) is 0 Å². The van der Waals surface area contributed by atoms with Crippen molar-refractivity contribution in [3.8, 4) is 0 Å². The van der Waals surface area contributed by atoms with Gasteiger partial charge in [0.15, 0.2) is 6.10 Å². The van der Waals surface area contributed by atoms with Gasteiger partial charge >= 0.3 is 5.97 Å². The van der Waals surface area contributed by atoms with Crippen molar-refractivity contribution < 1.29 is 14.3 Å². The van der Waals surface area contributed by atoms with Gasteiger partial charge in [-0.25, -0.2) is 9.78 Å². The molecule has 0 aliphatic rings. The van der Waals surface area contributed by atoms with Crippen molar-refractivity contribution >= 4 is 32.8 Å². The molecule has 0 bridgehead atoms. The quantitative estimate of drug-likeness (QED) is 0.785. The van der Waals surface area contributed by atoms with Gasteiger partial charge in [-0.3, -0.25) is 9.36 Å². The molecule has 0 N–H and O–H groups in total. The number of aromatic nitrogens is 2. The number of rotatable bonds is 4. The molecule has 0 amide bonds. The zero-order chi connectivity index (χ0) is 14.7. The lowest BCUT2D eigenvalue weighted by Gasteiger charge is -2.14. The molecule has 1 heterocycles. The van der Waals surface area contributed by atoms with Gasteiger partial charge in [0, 0.05) is 11.6 Å². The van der Waals surface area contributed by atoms with Crippen LogP contribution in [0.15, 0.2) is 33.8 Å². The number of benzene rings is 1. The number of nitrogens with zero attached hydrogens (tertiary/aromatic N) is 2. The summed E-state index contributed by atoms with van der Waals surface area (Å²) in [7, 11) is 2.66. The highest BCUT2D eigenvalue weighted by Crippen LogP contribution is 2.14. The molecule has 2 rings (SSSR count). The van der Waals surface area contributed by atoms with Crippen LogP contribution in [0.4, 0.5) is 0 Å². The number of hydrogen-bond donors (Lipinski definition) is 0. The van der Waals surface area contributed by atoms with E-state index >= 15 is 0 Å². The lowest BCUT2D eigenvalue weighted by Crippen LogP contribution is -2.34. The Morgan fingerprint density at radius 2 is 2.20 bits per heavy atom. The Hall–Kier alpha value is -1.73. The van der Waals surface area contributed by atoms with Crippen molar-refractivity contribution in [2.75, 3.05) is 14.2 Å². The molecule has 0 saturated heterocycles. The smallest absolute Gasteiger partial charge is 0.336 e. The number of fused-ring (bicyclic) bond motifs is 1. The average Bonchev–Trinajstić information content (AvgIpc) is 2.46. The minimum atomic E-state index is -0.843. The second-order valence-corrected chi connectivity index (χ2v) is 5.03. The highest BCUT2D eigenvalue weighted by Gasteiger charge is 2.20. The molecular weight excluding hydrogens is 328 g/mol. The predicted octanol–water partition coefficient (Wildman–Crippen LogP) is 1.35. The lowest BCUT2D eigenvalue weighted by atomic mass is 10.2. The van der Waals surface area contributed by atoms with Crippen LogP contribution in [0.5, 0.6) is 0 Å². The summed E-state index contributed by atoms with van der Waals surface area (Å²) in [4.78, 5) is 28.0. The zero-order valence-corrected chi connectivity index (χ0v) is 12.6. The summed E-state index contributed by atoms with van der Waals surface area (Å²) in [5, 5.41) is 0.474. The molecule has 2 aromatic rings. The van der Waals surface area contributed by atoms with Gasteiger partial charge in [0.05, 0.1) is 30.9 Å². The third kappa shape index (κ3) is 2.88. The van der Waals surface area contributed by atoms with Crippen molar-refractivity contribution in [3.05, 3.63) is 39.4 Å². The van der Waals surface area contributed by atoms with Crippen LogP contribution >= 0.6 is 15.9 Å². The van der Waals surface area contributed by atoms with Gasteiger partial charge < -0.3 is 9.47 Å². The van der Waals surface area contributed by atoms with E-state index in [1.165, 1.54) is 25.1 Å². The Morgan fingerprint density at radius 1 is 1.45 bits per heavy atom. The van der Waals surface area contributed by atoms with E-state index in [9.17, 15) is 9.59 Å². The third-order valence-electron chi connectivity index (χ3n) is 2.90. The van der Waals surface area contributed by atoms with Crippen molar-refractivity contribution in [1.82, 2.24) is 9.55 Å². The number of carbonyl (C=O) groups excluding carboxylic acids is 1. The Kier molecular flexibility index (Phi) is 4.51. The van der Waals surface area contributed by atoms with Crippen LogP contribution in [-0.4, -0.2) is 35.8 Å². The fourth-order valence-electron chi connectivity index (χ4n) is 1.82. The monoisotopic (exact) mass is 340 g/mol. The maximum Gasteiger partial charge on any atom is 0.336 e. The van der Waals surface area contributed by atoms with Crippen LogP contribution in [0.2, 0.25) is 0 Å². The SMILES string of the molecule is COC(=O)C(Cn1cnc2ccc(Br)cc2c1=O)OC. The normalized spacial score (nSPS) is 12.3. The fourth-order valence-corrected chi connectivity index (χ4v) is 2.18. The summed E-state index contributed by atoms with van der Waals surface area (Å²) in [5.41, 5.74) is 0.365. The predicted molar refractivity (Wildman–Crippen MR) is 76.5 cm³/mol. The van der Waals surface area contributed by atoms with Crippen LogP contribution in [0, 0.1) is 0 Å². The largest absolute Gasteiger partial charge is 0.467 e. The molecule has 1 aromatic carbocycles. The van der Waals surface area contributed by atoms with Crippen molar-refractivity contribution in [2.45, 2.75) is 12.6 Å². The maximum absolute atomic E-state index is 12.3. The zero-order valence-electron chi connectivity index (χ0n) is 11.0. The molecule has 1 unspecified atom stereocenters. The topological polar surface area (TPSA) is 70.4 Å². The second kappa shape index (κ2) is 6.15. The third-order valence-corrected chi connectivity index (χ3v) is 3.39. The minimum absolute atomic E-state index is 0.0530. The lowest BCUT2D eigenvalue weighted by molar-refractivity contribution is -0.153. The van der Waals surface area contributed by atoms with E-state index in [1.807, 2.05) is 6.07 Å². The molecule has 1 aromatic heterocycles. The highest BCUT2D eigenvalue weighted by atomic mass is 79.9. The molecule has 0 aliphatic carbocycles. The van der Waals surface area contributed by atoms with Crippen LogP contribution in [-0.2, 0) is 20.8 Å². The minimum Gasteiger partial charge on any atom is -0.467 e. The van der Waals surface area contributed by atoms with Crippen molar-refractivity contribution in [1.29, 1.82) is 0 Å². The Morgan fingerprint density at radius 3 is 2.85 bits per heavy atom.